The van der Waals surface area contributed by atoms with Gasteiger partial charge in [0.2, 0.25) is 10.0 Å². The van der Waals surface area contributed by atoms with Crippen molar-refractivity contribution in [3.63, 3.8) is 0 Å². The second-order valence-corrected chi connectivity index (χ2v) is 12.1. The van der Waals surface area contributed by atoms with Crippen molar-refractivity contribution >= 4 is 43.9 Å². The molecule has 41 heavy (non-hydrogen) atoms. The Kier molecular flexibility index (Phi) is 9.25. The average molecular weight is 600 g/mol. The molecule has 0 radical (unpaired) electrons. The van der Waals surface area contributed by atoms with Crippen molar-refractivity contribution in [2.45, 2.75) is 0 Å². The van der Waals surface area contributed by atoms with Crippen LogP contribution in [0.4, 0.5) is 15.8 Å². The highest BCUT2D eigenvalue weighted by molar-refractivity contribution is 7.88. The largest absolute Gasteiger partial charge is 0.492 e. The first-order valence-electron chi connectivity index (χ1n) is 13.2. The second kappa shape index (κ2) is 13.0. The molecular formula is C28H31ClFN7O3S. The van der Waals surface area contributed by atoms with Crippen LogP contribution in [0.2, 0.25) is 5.02 Å². The van der Waals surface area contributed by atoms with Crippen LogP contribution < -0.4 is 14.8 Å². The van der Waals surface area contributed by atoms with Gasteiger partial charge in [-0.3, -0.25) is 14.8 Å². The molecule has 0 spiro atoms. The van der Waals surface area contributed by atoms with Crippen LogP contribution in [0.15, 0.2) is 60.9 Å². The number of benzene rings is 2. The van der Waals surface area contributed by atoms with Gasteiger partial charge in [-0.1, -0.05) is 11.6 Å². The molecule has 2 aromatic carbocycles. The number of aromatic nitrogens is 3. The van der Waals surface area contributed by atoms with Crippen LogP contribution in [-0.2, 0) is 10.0 Å². The first-order valence-corrected chi connectivity index (χ1v) is 15.5. The molecule has 5 rings (SSSR count). The van der Waals surface area contributed by atoms with Gasteiger partial charge in [0.1, 0.15) is 18.2 Å². The number of piperazine rings is 1. The molecule has 1 saturated heterocycles. The summed E-state index contributed by atoms with van der Waals surface area (Å²) < 4.78 is 45.4. The zero-order chi connectivity index (χ0) is 28.8. The van der Waals surface area contributed by atoms with Crippen molar-refractivity contribution in [3.05, 3.63) is 71.8 Å². The van der Waals surface area contributed by atoms with E-state index in [-0.39, 0.29) is 5.56 Å². The molecule has 4 aromatic rings. The Hall–Kier alpha value is -3.42. The molecular weight excluding hydrogens is 569 g/mol. The molecule has 10 nitrogen and oxygen atoms in total. The maximum atomic E-state index is 14.4. The van der Waals surface area contributed by atoms with Gasteiger partial charge >= 0.3 is 0 Å². The predicted molar refractivity (Wildman–Crippen MR) is 159 cm³/mol. The van der Waals surface area contributed by atoms with E-state index < -0.39 is 15.8 Å². The topological polar surface area (TPSA) is 113 Å². The van der Waals surface area contributed by atoms with Crippen LogP contribution in [0.25, 0.3) is 22.2 Å². The minimum Gasteiger partial charge on any atom is -0.492 e. The normalized spacial score (nSPS) is 14.8. The Morgan fingerprint density at radius 2 is 1.80 bits per heavy atom. The quantitative estimate of drug-likeness (QED) is 0.266. The van der Waals surface area contributed by atoms with Crippen LogP contribution in [0.5, 0.6) is 5.75 Å². The number of fused-ring (bicyclic) bond motifs is 1. The van der Waals surface area contributed by atoms with Crippen molar-refractivity contribution in [3.8, 4) is 17.0 Å². The number of nitrogens with one attached hydrogen (secondary N) is 2. The number of hydrogen-bond acceptors (Lipinski definition) is 9. The van der Waals surface area contributed by atoms with E-state index in [0.29, 0.717) is 36.1 Å². The third-order valence-electron chi connectivity index (χ3n) is 6.79. The predicted octanol–water partition coefficient (Wildman–Crippen LogP) is 3.77. The van der Waals surface area contributed by atoms with Crippen LogP contribution in [0.1, 0.15) is 0 Å². The van der Waals surface area contributed by atoms with Crippen molar-refractivity contribution in [1.29, 1.82) is 0 Å². The summed E-state index contributed by atoms with van der Waals surface area (Å²) in [7, 11) is -3.15. The SMILES string of the molecule is CS(=O)(=O)NCCN1CCN(CCOc2ccc3c(Nc4cnnc(-c5cc(Cl)ccc5F)c4)ccnc3c2)CC1. The summed E-state index contributed by atoms with van der Waals surface area (Å²) >= 11 is 6.05. The highest BCUT2D eigenvalue weighted by atomic mass is 35.5. The van der Waals surface area contributed by atoms with E-state index in [0.717, 1.165) is 55.1 Å². The van der Waals surface area contributed by atoms with Gasteiger partial charge in [0.05, 0.1) is 29.4 Å². The molecule has 0 bridgehead atoms. The summed E-state index contributed by atoms with van der Waals surface area (Å²) in [5, 5.41) is 12.7. The number of nitrogens with zero attached hydrogens (tertiary/aromatic N) is 5. The molecule has 3 heterocycles. The summed E-state index contributed by atoms with van der Waals surface area (Å²) in [4.78, 5) is 9.11. The molecule has 0 aliphatic carbocycles. The van der Waals surface area contributed by atoms with Gasteiger partial charge in [0.25, 0.3) is 0 Å². The molecule has 2 N–H and O–H groups in total. The number of halogens is 2. The van der Waals surface area contributed by atoms with Crippen molar-refractivity contribution < 1.29 is 17.5 Å². The molecule has 216 valence electrons. The second-order valence-electron chi connectivity index (χ2n) is 9.81. The third kappa shape index (κ3) is 8.08. The van der Waals surface area contributed by atoms with E-state index >= 15 is 0 Å². The molecule has 2 aromatic heterocycles. The lowest BCUT2D eigenvalue weighted by molar-refractivity contribution is 0.118. The molecule has 13 heteroatoms. The Bertz CT molecular complexity index is 1620. The lowest BCUT2D eigenvalue weighted by Gasteiger charge is -2.34. The monoisotopic (exact) mass is 599 g/mol. The number of ether oxygens (including phenoxy) is 1. The van der Waals surface area contributed by atoms with Crippen LogP contribution >= 0.6 is 11.6 Å². The van der Waals surface area contributed by atoms with E-state index in [1.807, 2.05) is 24.3 Å². The Labute approximate surface area is 243 Å². The maximum absolute atomic E-state index is 14.4. The van der Waals surface area contributed by atoms with Crippen molar-refractivity contribution in [2.24, 2.45) is 0 Å². The van der Waals surface area contributed by atoms with Gasteiger partial charge in [0.15, 0.2) is 0 Å². The van der Waals surface area contributed by atoms with Gasteiger partial charge in [-0.25, -0.2) is 17.5 Å². The van der Waals surface area contributed by atoms with Gasteiger partial charge in [0, 0.05) is 79.7 Å². The van der Waals surface area contributed by atoms with Crippen LogP contribution in [-0.4, -0.2) is 92.1 Å². The van der Waals surface area contributed by atoms with E-state index in [1.165, 1.54) is 24.5 Å². The lowest BCUT2D eigenvalue weighted by atomic mass is 10.1. The van der Waals surface area contributed by atoms with Gasteiger partial charge in [-0.2, -0.15) is 10.2 Å². The summed E-state index contributed by atoms with van der Waals surface area (Å²) in [5.74, 6) is 0.307. The van der Waals surface area contributed by atoms with Gasteiger partial charge < -0.3 is 10.1 Å². The van der Waals surface area contributed by atoms with E-state index in [2.05, 4.69) is 35.0 Å². The Balaban J connectivity index is 1.16. The van der Waals surface area contributed by atoms with Crippen LogP contribution in [0.3, 0.4) is 0 Å². The fourth-order valence-corrected chi connectivity index (χ4v) is 5.30. The lowest BCUT2D eigenvalue weighted by Crippen LogP contribution is -2.49. The molecule has 1 aliphatic rings. The zero-order valence-corrected chi connectivity index (χ0v) is 24.1. The minimum atomic E-state index is -3.15. The first-order chi connectivity index (χ1) is 19.7. The summed E-state index contributed by atoms with van der Waals surface area (Å²) in [5.41, 5.74) is 2.88. The fraction of sp³-hybridized carbons (Fsp3) is 0.321. The first kappa shape index (κ1) is 29.1. The number of pyridine rings is 1. The molecule has 1 aliphatic heterocycles. The third-order valence-corrected chi connectivity index (χ3v) is 7.75. The maximum Gasteiger partial charge on any atom is 0.208 e. The highest BCUT2D eigenvalue weighted by Crippen LogP contribution is 2.30. The molecule has 0 amide bonds. The Morgan fingerprint density at radius 3 is 2.59 bits per heavy atom. The van der Waals surface area contributed by atoms with E-state index in [9.17, 15) is 12.8 Å². The smallest absolute Gasteiger partial charge is 0.208 e. The van der Waals surface area contributed by atoms with E-state index in [4.69, 9.17) is 16.3 Å². The van der Waals surface area contributed by atoms with Gasteiger partial charge in [-0.05, 0) is 42.5 Å². The summed E-state index contributed by atoms with van der Waals surface area (Å²) in [6.07, 6.45) is 4.46. The number of anilines is 2. The molecule has 0 saturated carbocycles. The number of hydrogen-bond donors (Lipinski definition) is 2. The summed E-state index contributed by atoms with van der Waals surface area (Å²) in [6.45, 7) is 6.08. The average Bonchev–Trinajstić information content (AvgIpc) is 2.95. The van der Waals surface area contributed by atoms with Crippen molar-refractivity contribution in [2.75, 3.05) is 64.0 Å². The van der Waals surface area contributed by atoms with Crippen LogP contribution in [0, 0.1) is 5.82 Å². The molecule has 0 atom stereocenters. The summed E-state index contributed by atoms with van der Waals surface area (Å²) in [6, 6.07) is 13.7. The fourth-order valence-electron chi connectivity index (χ4n) is 4.66. The highest BCUT2D eigenvalue weighted by Gasteiger charge is 2.17. The van der Waals surface area contributed by atoms with Gasteiger partial charge in [-0.15, -0.1) is 0 Å². The zero-order valence-electron chi connectivity index (χ0n) is 22.6. The minimum absolute atomic E-state index is 0.277. The number of rotatable bonds is 11. The standard InChI is InChI=1S/C28H31ClFN7O3S/c1-41(38,39)33-8-9-36-10-12-37(13-11-36)14-15-40-22-3-4-23-26(6-7-31-27(23)18-22)34-21-17-28(35-32-19-21)24-16-20(29)2-5-25(24)30/h2-7,16-19,33H,8-15H2,1H3,(H,31,34,35). The van der Waals surface area contributed by atoms with E-state index in [1.54, 1.807) is 18.5 Å². The van der Waals surface area contributed by atoms with Crippen molar-refractivity contribution in [1.82, 2.24) is 29.7 Å². The molecule has 1 fully saturated rings. The molecule has 0 unspecified atom stereocenters. The number of sulfonamides is 1. The Morgan fingerprint density at radius 1 is 1.02 bits per heavy atom.